The second-order valence-electron chi connectivity index (χ2n) is 13.5. The molecule has 0 fully saturated rings. The van der Waals surface area contributed by atoms with Crippen molar-refractivity contribution in [3.8, 4) is 11.5 Å². The van der Waals surface area contributed by atoms with Crippen LogP contribution in [0.15, 0.2) is 60.4 Å². The molecule has 0 saturated carbocycles. The number of aliphatic carboxylic acids is 2. The largest absolute Gasteiger partial charge is 0.508 e. The first kappa shape index (κ1) is 49.1. The van der Waals surface area contributed by atoms with Crippen molar-refractivity contribution in [2.24, 2.45) is 5.92 Å². The van der Waals surface area contributed by atoms with Gasteiger partial charge in [-0.25, -0.2) is 19.2 Å². The summed E-state index contributed by atoms with van der Waals surface area (Å²) in [6, 6.07) is 5.44. The lowest BCUT2D eigenvalue weighted by Crippen LogP contribution is -2.44. The molecule has 1 aliphatic heterocycles. The summed E-state index contributed by atoms with van der Waals surface area (Å²) in [7, 11) is -4.90. The number of aromatic hydroxyl groups is 1. The van der Waals surface area contributed by atoms with Crippen molar-refractivity contribution in [2.45, 2.75) is 49.9 Å². The van der Waals surface area contributed by atoms with Gasteiger partial charge in [0.2, 0.25) is 17.7 Å². The number of amides is 3. The van der Waals surface area contributed by atoms with Crippen LogP contribution in [0.25, 0.3) is 0 Å². The van der Waals surface area contributed by atoms with Crippen molar-refractivity contribution < 1.29 is 91.8 Å². The first-order valence-corrected chi connectivity index (χ1v) is 21.3. The van der Waals surface area contributed by atoms with E-state index in [1.807, 2.05) is 5.09 Å². The third kappa shape index (κ3) is 14.8. The molecule has 338 valence electrons. The molecule has 0 saturated heterocycles. The van der Waals surface area contributed by atoms with E-state index < -0.39 is 106 Å². The summed E-state index contributed by atoms with van der Waals surface area (Å²) >= 11 is 1.01. The van der Waals surface area contributed by atoms with Crippen molar-refractivity contribution in [3.05, 3.63) is 77.1 Å². The fourth-order valence-corrected chi connectivity index (χ4v) is 8.01. The van der Waals surface area contributed by atoms with Crippen LogP contribution in [0.2, 0.25) is 0 Å². The molecule has 0 radical (unpaired) electrons. The highest BCUT2D eigenvalue weighted by molar-refractivity contribution is 7.99. The van der Waals surface area contributed by atoms with Crippen LogP contribution in [0.5, 0.6) is 11.5 Å². The third-order valence-corrected chi connectivity index (χ3v) is 11.2. The minimum absolute atomic E-state index is 0.0412. The first-order valence-electron chi connectivity index (χ1n) is 18.5. The molecule has 1 aliphatic carbocycles. The van der Waals surface area contributed by atoms with Gasteiger partial charge in [0.15, 0.2) is 12.0 Å². The SMILES string of the molecule is O=COCC[C@H](NP(=O)(O)OC[C@H](NC(=O)CC[C@H](NC(=O)CCSCC(=O)Nc1ccc(C2c3ccc(O)cc3OC3=CC(=O)C=CC32)c(C(=O)O)c1)C(=O)O)OC=O)C(=O)O. The second-order valence-corrected chi connectivity index (χ2v) is 16.1. The number of aromatic carboxylic acids is 1. The minimum Gasteiger partial charge on any atom is -0.508 e. The lowest BCUT2D eigenvalue weighted by atomic mass is 9.74. The van der Waals surface area contributed by atoms with Gasteiger partial charge in [0.25, 0.3) is 12.9 Å². The molecule has 25 heteroatoms. The maximum atomic E-state index is 12.8. The predicted molar refractivity (Wildman–Crippen MR) is 215 cm³/mol. The van der Waals surface area contributed by atoms with Gasteiger partial charge in [-0.3, -0.25) is 38.1 Å². The number of thioether (sulfide) groups is 1. The fourth-order valence-electron chi connectivity index (χ4n) is 6.23. The summed E-state index contributed by atoms with van der Waals surface area (Å²) < 4.78 is 31.9. The molecule has 3 unspecified atom stereocenters. The van der Waals surface area contributed by atoms with Crippen LogP contribution in [0.3, 0.4) is 0 Å². The number of hydrogen-bond acceptors (Lipinski definition) is 16. The Balaban J connectivity index is 1.24. The van der Waals surface area contributed by atoms with Crippen molar-refractivity contribution in [2.75, 3.05) is 30.0 Å². The lowest BCUT2D eigenvalue weighted by molar-refractivity contribution is -0.142. The Morgan fingerprint density at radius 1 is 0.889 bits per heavy atom. The molecule has 4 rings (SSSR count). The molecule has 9 N–H and O–H groups in total. The first-order chi connectivity index (χ1) is 29.9. The van der Waals surface area contributed by atoms with Crippen molar-refractivity contribution in [1.82, 2.24) is 15.7 Å². The Labute approximate surface area is 360 Å². The molecule has 6 atom stereocenters. The van der Waals surface area contributed by atoms with Gasteiger partial charge in [0, 0.05) is 60.2 Å². The number of nitrogens with one attached hydrogen (secondary N) is 4. The van der Waals surface area contributed by atoms with Gasteiger partial charge in [-0.15, -0.1) is 0 Å². The number of fused-ring (bicyclic) bond motifs is 2. The average Bonchev–Trinajstić information content (AvgIpc) is 3.21. The highest BCUT2D eigenvalue weighted by atomic mass is 32.2. The molecule has 2 aliphatic rings. The van der Waals surface area contributed by atoms with Crippen LogP contribution in [0.4, 0.5) is 5.69 Å². The molecule has 1 heterocycles. The smallest absolute Gasteiger partial charge is 0.403 e. The molecule has 3 amide bonds. The number of benzene rings is 2. The Kier molecular flexibility index (Phi) is 17.9. The zero-order valence-electron chi connectivity index (χ0n) is 32.7. The van der Waals surface area contributed by atoms with E-state index >= 15 is 0 Å². The molecule has 0 spiro atoms. The quantitative estimate of drug-likeness (QED) is 0.0275. The van der Waals surface area contributed by atoms with Crippen molar-refractivity contribution in [1.29, 1.82) is 0 Å². The van der Waals surface area contributed by atoms with Gasteiger partial charge in [-0.1, -0.05) is 18.2 Å². The standard InChI is InChI=1S/C38H41N4O19PS/c43-18-58-11-9-28(38(54)55)42-62(56,57)60-16-34(59-19-44)41-31(47)8-7-27(37(52)53)40-32(48)10-12-63-17-33(49)39-20-1-4-23(26(13-20)36(50)51)35-24-5-2-21(45)14-29(24)61-30-15-22(46)3-6-25(30)35/h1-6,13-15,18-19,24,27-28,34-35,46H,7-12,16-17H2,(H,39,49)(H,40,48)(H,41,47)(H,50,51)(H,52,53)(H,54,55)(H2,42,56,57)/t24?,27-,28-,34+,35?/m0/s1. The second kappa shape index (κ2) is 23.0. The average molecular weight is 921 g/mol. The number of carbonyl (C=O) groups is 9. The van der Waals surface area contributed by atoms with Gasteiger partial charge in [0.05, 0.1) is 17.9 Å². The fraction of sp³-hybridized carbons (Fsp3) is 0.342. The van der Waals surface area contributed by atoms with Crippen LogP contribution < -0.4 is 25.8 Å². The number of ketones is 1. The molecule has 0 aromatic heterocycles. The van der Waals surface area contributed by atoms with Crippen LogP contribution in [0.1, 0.15) is 53.1 Å². The van der Waals surface area contributed by atoms with Crippen LogP contribution >= 0.6 is 19.5 Å². The molecule has 0 bridgehead atoms. The van der Waals surface area contributed by atoms with E-state index in [9.17, 15) is 73.0 Å². The predicted octanol–water partition coefficient (Wildman–Crippen LogP) is 1.00. The van der Waals surface area contributed by atoms with E-state index in [1.165, 1.54) is 42.5 Å². The Hall–Kier alpha value is -6.59. The number of phenols is 1. The number of anilines is 1. The molecular weight excluding hydrogens is 879 g/mol. The zero-order valence-corrected chi connectivity index (χ0v) is 34.4. The van der Waals surface area contributed by atoms with Gasteiger partial charge in [-0.05, 0) is 36.3 Å². The zero-order chi connectivity index (χ0) is 46.3. The van der Waals surface area contributed by atoms with E-state index in [0.717, 1.165) is 11.8 Å². The van der Waals surface area contributed by atoms with E-state index in [0.29, 0.717) is 11.1 Å². The molecule has 2 aromatic rings. The van der Waals surface area contributed by atoms with E-state index in [1.54, 1.807) is 12.1 Å². The topological polar surface area (TPSA) is 357 Å². The number of carbonyl (C=O) groups excluding carboxylic acids is 6. The Morgan fingerprint density at radius 2 is 1.60 bits per heavy atom. The van der Waals surface area contributed by atoms with Gasteiger partial charge >= 0.3 is 25.7 Å². The summed E-state index contributed by atoms with van der Waals surface area (Å²) in [5.74, 6) is -7.81. The normalized spacial score (nSPS) is 17.3. The lowest BCUT2D eigenvalue weighted by Gasteiger charge is -2.35. The van der Waals surface area contributed by atoms with Crippen molar-refractivity contribution >= 4 is 79.6 Å². The third-order valence-electron chi connectivity index (χ3n) is 9.05. The van der Waals surface area contributed by atoms with Gasteiger partial charge in [-0.2, -0.15) is 11.8 Å². The number of allylic oxidation sites excluding steroid dienone is 3. The highest BCUT2D eigenvalue weighted by Gasteiger charge is 2.38. The molecular formula is C38H41N4O19PS. The van der Waals surface area contributed by atoms with Crippen LogP contribution in [-0.4, -0.2) is 123 Å². The van der Waals surface area contributed by atoms with Crippen LogP contribution in [-0.2, 0) is 56.9 Å². The van der Waals surface area contributed by atoms with E-state index in [-0.39, 0.29) is 65.2 Å². The summed E-state index contributed by atoms with van der Waals surface area (Å²) in [6.45, 7) is -1.47. The van der Waals surface area contributed by atoms with E-state index in [2.05, 4.69) is 25.4 Å². The molecule has 2 aromatic carbocycles. The highest BCUT2D eigenvalue weighted by Crippen LogP contribution is 2.49. The summed E-state index contributed by atoms with van der Waals surface area (Å²) in [5.41, 5.74) is 0.931. The van der Waals surface area contributed by atoms with Gasteiger partial charge in [0.1, 0.15) is 35.9 Å². The van der Waals surface area contributed by atoms with Gasteiger partial charge < -0.3 is 55.5 Å². The maximum Gasteiger partial charge on any atom is 0.403 e. The Morgan fingerprint density at radius 3 is 2.29 bits per heavy atom. The number of ether oxygens (including phenoxy) is 3. The summed E-state index contributed by atoms with van der Waals surface area (Å²) in [6.07, 6.45) is 0.880. The molecule has 23 nitrogen and oxygen atoms in total. The number of hydrogen-bond donors (Lipinski definition) is 9. The molecule has 63 heavy (non-hydrogen) atoms. The number of phenolic OH excluding ortho intramolecular Hbond substituents is 1. The summed E-state index contributed by atoms with van der Waals surface area (Å²) in [4.78, 5) is 117. The number of carboxylic acid groups (broad SMARTS) is 3. The number of carboxylic acids is 3. The van der Waals surface area contributed by atoms with Crippen molar-refractivity contribution in [3.63, 3.8) is 0 Å². The Bertz CT molecular complexity index is 2220. The maximum absolute atomic E-state index is 12.8. The van der Waals surface area contributed by atoms with E-state index in [4.69, 9.17) is 9.26 Å². The number of rotatable bonds is 26. The monoisotopic (exact) mass is 920 g/mol. The minimum atomic E-state index is -4.90. The summed E-state index contributed by atoms with van der Waals surface area (Å²) in [5, 5.41) is 47.8. The van der Waals surface area contributed by atoms with Crippen LogP contribution in [0, 0.1) is 5.92 Å².